The van der Waals surface area contributed by atoms with Crippen LogP contribution < -0.4 is 10.2 Å². The second-order valence-corrected chi connectivity index (χ2v) is 7.71. The van der Waals surface area contributed by atoms with Gasteiger partial charge in [-0.2, -0.15) is 0 Å². The average molecular weight is 394 g/mol. The molecule has 2 amide bonds. The van der Waals surface area contributed by atoms with Crippen molar-refractivity contribution >= 4 is 17.8 Å². The Labute approximate surface area is 170 Å². The smallest absolute Gasteiger partial charge is 0.257 e. The first-order chi connectivity index (χ1) is 14.1. The number of likely N-dealkylation sites (tertiary alicyclic amines) is 1. The monoisotopic (exact) mass is 394 g/mol. The van der Waals surface area contributed by atoms with Crippen molar-refractivity contribution in [3.05, 3.63) is 47.5 Å². The normalized spacial score (nSPS) is 17.0. The van der Waals surface area contributed by atoms with E-state index in [0.717, 1.165) is 37.2 Å². The van der Waals surface area contributed by atoms with E-state index in [-0.39, 0.29) is 17.7 Å². The van der Waals surface area contributed by atoms with Crippen molar-refractivity contribution in [3.63, 3.8) is 0 Å². The van der Waals surface area contributed by atoms with Crippen LogP contribution in [0.3, 0.4) is 0 Å². The number of anilines is 1. The summed E-state index contributed by atoms with van der Waals surface area (Å²) in [5.74, 6) is 0.332. The summed E-state index contributed by atoms with van der Waals surface area (Å²) in [4.78, 5) is 41.8. The lowest BCUT2D eigenvalue weighted by atomic mass is 9.98. The number of pyridine rings is 1. The molecule has 0 spiro atoms. The molecule has 0 saturated carbocycles. The van der Waals surface area contributed by atoms with Crippen LogP contribution in [-0.2, 0) is 11.3 Å². The van der Waals surface area contributed by atoms with Crippen LogP contribution in [0.2, 0.25) is 0 Å². The quantitative estimate of drug-likeness (QED) is 0.828. The number of nitrogens with zero attached hydrogens (tertiary/aromatic N) is 5. The maximum absolute atomic E-state index is 12.6. The molecule has 152 valence electrons. The van der Waals surface area contributed by atoms with Gasteiger partial charge >= 0.3 is 0 Å². The third-order valence-electron chi connectivity index (χ3n) is 5.61. The van der Waals surface area contributed by atoms with Gasteiger partial charge in [-0.1, -0.05) is 6.07 Å². The van der Waals surface area contributed by atoms with Gasteiger partial charge in [0.15, 0.2) is 0 Å². The summed E-state index contributed by atoms with van der Waals surface area (Å²) in [6.45, 7) is 5.14. The van der Waals surface area contributed by atoms with Crippen LogP contribution in [0, 0.1) is 12.8 Å². The van der Waals surface area contributed by atoms with Gasteiger partial charge in [-0.25, -0.2) is 9.97 Å². The molecule has 0 aromatic carbocycles. The molecule has 2 aromatic rings. The standard InChI is InChI=1S/C21H26N6O2/c1-15-6-5-7-22-18(15)12-23-19(28)17-13-27(14-17)20(29)16-10-24-21(25-11-16)26-8-3-2-4-9-26/h5-7,10-11,17H,2-4,8-9,12-14H2,1H3,(H,23,28). The zero-order valence-corrected chi connectivity index (χ0v) is 16.7. The van der Waals surface area contributed by atoms with Gasteiger partial charge in [0, 0.05) is 44.8 Å². The van der Waals surface area contributed by atoms with Gasteiger partial charge in [0.1, 0.15) is 0 Å². The molecule has 29 heavy (non-hydrogen) atoms. The molecule has 2 fully saturated rings. The highest BCUT2D eigenvalue weighted by atomic mass is 16.2. The molecular weight excluding hydrogens is 368 g/mol. The zero-order chi connectivity index (χ0) is 20.2. The minimum Gasteiger partial charge on any atom is -0.350 e. The highest BCUT2D eigenvalue weighted by Gasteiger charge is 2.36. The maximum atomic E-state index is 12.6. The summed E-state index contributed by atoms with van der Waals surface area (Å²) < 4.78 is 0. The lowest BCUT2D eigenvalue weighted by Crippen LogP contribution is -2.55. The van der Waals surface area contributed by atoms with E-state index in [1.165, 1.54) is 6.42 Å². The molecule has 0 atom stereocenters. The van der Waals surface area contributed by atoms with E-state index in [4.69, 9.17) is 0 Å². The summed E-state index contributed by atoms with van der Waals surface area (Å²) >= 11 is 0. The number of aromatic nitrogens is 3. The number of carbonyl (C=O) groups is 2. The lowest BCUT2D eigenvalue weighted by Gasteiger charge is -2.38. The van der Waals surface area contributed by atoms with E-state index in [1.807, 2.05) is 19.1 Å². The fourth-order valence-electron chi connectivity index (χ4n) is 3.70. The second-order valence-electron chi connectivity index (χ2n) is 7.71. The fourth-order valence-corrected chi connectivity index (χ4v) is 3.70. The van der Waals surface area contributed by atoms with Crippen LogP contribution in [0.25, 0.3) is 0 Å². The third-order valence-corrected chi connectivity index (χ3v) is 5.61. The second kappa shape index (κ2) is 8.55. The molecule has 2 aliphatic rings. The van der Waals surface area contributed by atoms with Crippen LogP contribution >= 0.6 is 0 Å². The predicted octanol–water partition coefficient (Wildman–Crippen LogP) is 1.56. The minimum atomic E-state index is -0.184. The molecule has 4 rings (SSSR count). The van der Waals surface area contributed by atoms with E-state index < -0.39 is 0 Å². The average Bonchev–Trinajstić information content (AvgIpc) is 2.73. The Morgan fingerprint density at radius 3 is 2.52 bits per heavy atom. The van der Waals surface area contributed by atoms with E-state index in [9.17, 15) is 9.59 Å². The van der Waals surface area contributed by atoms with Crippen molar-refractivity contribution in [3.8, 4) is 0 Å². The summed E-state index contributed by atoms with van der Waals surface area (Å²) in [5.41, 5.74) is 2.37. The number of nitrogens with one attached hydrogen (secondary N) is 1. The molecule has 0 bridgehead atoms. The molecule has 2 aromatic heterocycles. The first-order valence-electron chi connectivity index (χ1n) is 10.2. The van der Waals surface area contributed by atoms with Crippen LogP contribution in [0.5, 0.6) is 0 Å². The van der Waals surface area contributed by atoms with E-state index in [0.29, 0.717) is 31.1 Å². The van der Waals surface area contributed by atoms with Gasteiger partial charge in [0.05, 0.1) is 23.7 Å². The number of rotatable bonds is 5. The lowest BCUT2D eigenvalue weighted by molar-refractivity contribution is -0.129. The number of carbonyl (C=O) groups excluding carboxylic acids is 2. The number of aryl methyl sites for hydroxylation is 1. The zero-order valence-electron chi connectivity index (χ0n) is 16.7. The van der Waals surface area contributed by atoms with Crippen LogP contribution in [-0.4, -0.2) is 57.8 Å². The largest absolute Gasteiger partial charge is 0.350 e. The third kappa shape index (κ3) is 4.36. The molecule has 4 heterocycles. The van der Waals surface area contributed by atoms with Gasteiger partial charge in [-0.05, 0) is 37.8 Å². The Bertz CT molecular complexity index is 873. The molecule has 2 aliphatic heterocycles. The SMILES string of the molecule is Cc1cccnc1CNC(=O)C1CN(C(=O)c2cnc(N3CCCCC3)nc2)C1. The van der Waals surface area contributed by atoms with Crippen molar-refractivity contribution in [2.75, 3.05) is 31.1 Å². The summed E-state index contributed by atoms with van der Waals surface area (Å²) in [6, 6.07) is 3.84. The first kappa shape index (κ1) is 19.3. The molecule has 1 N–H and O–H groups in total. The predicted molar refractivity (Wildman–Crippen MR) is 108 cm³/mol. The molecule has 8 nitrogen and oxygen atoms in total. The van der Waals surface area contributed by atoms with Crippen molar-refractivity contribution in [1.29, 1.82) is 0 Å². The number of hydrogen-bond acceptors (Lipinski definition) is 6. The van der Waals surface area contributed by atoms with E-state index >= 15 is 0 Å². The highest BCUT2D eigenvalue weighted by molar-refractivity contribution is 5.95. The van der Waals surface area contributed by atoms with Gasteiger partial charge in [-0.3, -0.25) is 14.6 Å². The van der Waals surface area contributed by atoms with Crippen LogP contribution in [0.15, 0.2) is 30.7 Å². The van der Waals surface area contributed by atoms with E-state index in [1.54, 1.807) is 23.5 Å². The van der Waals surface area contributed by atoms with Crippen molar-refractivity contribution in [2.45, 2.75) is 32.7 Å². The molecule has 2 saturated heterocycles. The fraction of sp³-hybridized carbons (Fsp3) is 0.476. The van der Waals surface area contributed by atoms with Crippen molar-refractivity contribution < 1.29 is 9.59 Å². The Balaban J connectivity index is 1.26. The topological polar surface area (TPSA) is 91.3 Å². The van der Waals surface area contributed by atoms with Gasteiger partial charge in [-0.15, -0.1) is 0 Å². The minimum absolute atomic E-state index is 0.0456. The Kier molecular flexibility index (Phi) is 5.69. The van der Waals surface area contributed by atoms with Gasteiger partial charge in [0.2, 0.25) is 11.9 Å². The Hall–Kier alpha value is -3.03. The summed E-state index contributed by atoms with van der Waals surface area (Å²) in [7, 11) is 0. The van der Waals surface area contributed by atoms with Gasteiger partial charge < -0.3 is 15.1 Å². The summed E-state index contributed by atoms with van der Waals surface area (Å²) in [6.07, 6.45) is 8.46. The Morgan fingerprint density at radius 1 is 1.10 bits per heavy atom. The number of hydrogen-bond donors (Lipinski definition) is 1. The van der Waals surface area contributed by atoms with E-state index in [2.05, 4.69) is 25.2 Å². The molecule has 8 heteroatoms. The maximum Gasteiger partial charge on any atom is 0.257 e. The number of amides is 2. The summed E-state index contributed by atoms with van der Waals surface area (Å²) in [5, 5.41) is 2.92. The first-order valence-corrected chi connectivity index (χ1v) is 10.2. The Morgan fingerprint density at radius 2 is 1.83 bits per heavy atom. The molecule has 0 radical (unpaired) electrons. The number of piperidine rings is 1. The molecule has 0 unspecified atom stereocenters. The van der Waals surface area contributed by atoms with Crippen molar-refractivity contribution in [2.24, 2.45) is 5.92 Å². The molecular formula is C21H26N6O2. The van der Waals surface area contributed by atoms with Crippen LogP contribution in [0.1, 0.15) is 40.9 Å². The van der Waals surface area contributed by atoms with Crippen LogP contribution in [0.4, 0.5) is 5.95 Å². The highest BCUT2D eigenvalue weighted by Crippen LogP contribution is 2.20. The van der Waals surface area contributed by atoms with Gasteiger partial charge in [0.25, 0.3) is 5.91 Å². The van der Waals surface area contributed by atoms with Crippen molar-refractivity contribution in [1.82, 2.24) is 25.2 Å². The molecule has 0 aliphatic carbocycles.